The van der Waals surface area contributed by atoms with E-state index in [0.29, 0.717) is 6.54 Å². The Morgan fingerprint density at radius 3 is 2.12 bits per heavy atom. The molecular formula is C9H20N2O5S. The van der Waals surface area contributed by atoms with Crippen LogP contribution >= 0.6 is 0 Å². The van der Waals surface area contributed by atoms with E-state index in [4.69, 9.17) is 9.66 Å². The lowest BCUT2D eigenvalue weighted by atomic mass is 10.3. The fourth-order valence-corrected chi connectivity index (χ4v) is 2.52. The SMILES string of the molecule is O=S(=O)(O)C[C@@H](O)CN1CCN(CCO)CC1. The van der Waals surface area contributed by atoms with Crippen LogP contribution in [0, 0.1) is 0 Å². The largest absolute Gasteiger partial charge is 0.395 e. The van der Waals surface area contributed by atoms with Crippen LogP contribution in [0.1, 0.15) is 0 Å². The van der Waals surface area contributed by atoms with Gasteiger partial charge in [-0.2, -0.15) is 8.42 Å². The lowest BCUT2D eigenvalue weighted by Crippen LogP contribution is -2.49. The molecule has 0 aromatic heterocycles. The van der Waals surface area contributed by atoms with Crippen molar-refractivity contribution in [3.63, 3.8) is 0 Å². The van der Waals surface area contributed by atoms with Crippen LogP contribution in [0.4, 0.5) is 0 Å². The van der Waals surface area contributed by atoms with E-state index in [1.165, 1.54) is 0 Å². The van der Waals surface area contributed by atoms with Gasteiger partial charge in [-0.3, -0.25) is 14.4 Å². The van der Waals surface area contributed by atoms with Gasteiger partial charge >= 0.3 is 0 Å². The van der Waals surface area contributed by atoms with Crippen molar-refractivity contribution in [3.05, 3.63) is 0 Å². The van der Waals surface area contributed by atoms with Crippen molar-refractivity contribution in [3.8, 4) is 0 Å². The highest BCUT2D eigenvalue weighted by molar-refractivity contribution is 7.85. The van der Waals surface area contributed by atoms with E-state index in [2.05, 4.69) is 4.90 Å². The molecule has 8 heteroatoms. The van der Waals surface area contributed by atoms with Gasteiger partial charge in [0.15, 0.2) is 0 Å². The molecule has 1 saturated heterocycles. The average Bonchev–Trinajstić information content (AvgIpc) is 2.18. The minimum absolute atomic E-state index is 0.130. The molecular weight excluding hydrogens is 248 g/mol. The van der Waals surface area contributed by atoms with E-state index in [0.717, 1.165) is 26.2 Å². The lowest BCUT2D eigenvalue weighted by Gasteiger charge is -2.35. The van der Waals surface area contributed by atoms with Gasteiger partial charge in [-0.15, -0.1) is 0 Å². The van der Waals surface area contributed by atoms with Crippen molar-refractivity contribution >= 4 is 10.1 Å². The molecule has 1 aliphatic rings. The monoisotopic (exact) mass is 268 g/mol. The number of nitrogens with zero attached hydrogens (tertiary/aromatic N) is 2. The molecule has 0 aromatic rings. The van der Waals surface area contributed by atoms with Crippen LogP contribution in [0.3, 0.4) is 0 Å². The molecule has 1 rings (SSSR count). The van der Waals surface area contributed by atoms with Gasteiger partial charge in [0.1, 0.15) is 5.75 Å². The van der Waals surface area contributed by atoms with Crippen LogP contribution in [0.25, 0.3) is 0 Å². The molecule has 0 unspecified atom stereocenters. The third kappa shape index (κ3) is 6.29. The van der Waals surface area contributed by atoms with Gasteiger partial charge in [0, 0.05) is 39.3 Å². The van der Waals surface area contributed by atoms with Crippen molar-refractivity contribution < 1.29 is 23.2 Å². The zero-order valence-electron chi connectivity index (χ0n) is 9.70. The second-order valence-electron chi connectivity index (χ2n) is 4.27. The maximum atomic E-state index is 10.6. The summed E-state index contributed by atoms with van der Waals surface area (Å²) < 4.78 is 29.7. The summed E-state index contributed by atoms with van der Waals surface area (Å²) in [6.45, 7) is 4.04. The predicted molar refractivity (Wildman–Crippen MR) is 62.4 cm³/mol. The molecule has 0 spiro atoms. The zero-order chi connectivity index (χ0) is 12.9. The average molecular weight is 268 g/mol. The zero-order valence-corrected chi connectivity index (χ0v) is 10.5. The molecule has 102 valence electrons. The topological polar surface area (TPSA) is 101 Å². The highest BCUT2D eigenvalue weighted by Gasteiger charge is 2.21. The lowest BCUT2D eigenvalue weighted by molar-refractivity contribution is 0.0737. The van der Waals surface area contributed by atoms with Crippen molar-refractivity contribution in [2.75, 3.05) is 51.6 Å². The number of aliphatic hydroxyl groups is 2. The molecule has 1 fully saturated rings. The van der Waals surface area contributed by atoms with Crippen LogP contribution in [-0.2, 0) is 10.1 Å². The summed E-state index contributed by atoms with van der Waals surface area (Å²) >= 11 is 0. The Kier molecular flexibility index (Phi) is 5.77. The fourth-order valence-electron chi connectivity index (χ4n) is 1.93. The van der Waals surface area contributed by atoms with Crippen LogP contribution in [0.2, 0.25) is 0 Å². The van der Waals surface area contributed by atoms with E-state index in [1.807, 2.05) is 4.90 Å². The second-order valence-corrected chi connectivity index (χ2v) is 5.77. The van der Waals surface area contributed by atoms with E-state index < -0.39 is 22.0 Å². The molecule has 0 radical (unpaired) electrons. The molecule has 0 aliphatic carbocycles. The summed E-state index contributed by atoms with van der Waals surface area (Å²) in [5, 5.41) is 18.2. The molecule has 0 amide bonds. The first-order valence-electron chi connectivity index (χ1n) is 5.59. The predicted octanol–water partition coefficient (Wildman–Crippen LogP) is -2.15. The van der Waals surface area contributed by atoms with E-state index in [9.17, 15) is 13.5 Å². The standard InChI is InChI=1S/C9H20N2O5S/c12-6-5-10-1-3-11(4-2-10)7-9(13)8-17(14,15)16/h9,12-13H,1-8H2,(H,14,15,16)/t9-/m0/s1. The van der Waals surface area contributed by atoms with Gasteiger partial charge in [-0.25, -0.2) is 0 Å². The normalized spacial score (nSPS) is 21.6. The summed E-state index contributed by atoms with van der Waals surface area (Å²) in [6.07, 6.45) is -1.06. The highest BCUT2D eigenvalue weighted by Crippen LogP contribution is 2.03. The van der Waals surface area contributed by atoms with Gasteiger partial charge in [0.25, 0.3) is 10.1 Å². The first-order valence-corrected chi connectivity index (χ1v) is 7.20. The Balaban J connectivity index is 2.26. The number of rotatable bonds is 6. The molecule has 1 aliphatic heterocycles. The van der Waals surface area contributed by atoms with E-state index >= 15 is 0 Å². The van der Waals surface area contributed by atoms with Crippen molar-refractivity contribution in [2.45, 2.75) is 6.10 Å². The van der Waals surface area contributed by atoms with Crippen molar-refractivity contribution in [1.29, 1.82) is 0 Å². The number of hydrogen-bond acceptors (Lipinski definition) is 6. The van der Waals surface area contributed by atoms with Gasteiger partial charge in [-0.1, -0.05) is 0 Å². The number of hydrogen-bond donors (Lipinski definition) is 3. The first-order chi connectivity index (χ1) is 7.90. The fraction of sp³-hybridized carbons (Fsp3) is 1.00. The quantitative estimate of drug-likeness (QED) is 0.472. The molecule has 0 saturated carbocycles. The Hall–Kier alpha value is -0.250. The number of piperazine rings is 1. The Bertz CT molecular complexity index is 313. The maximum Gasteiger partial charge on any atom is 0.267 e. The molecule has 1 heterocycles. The van der Waals surface area contributed by atoms with Gasteiger partial charge in [-0.05, 0) is 0 Å². The third-order valence-corrected chi connectivity index (χ3v) is 3.56. The first kappa shape index (κ1) is 14.8. The van der Waals surface area contributed by atoms with Crippen molar-refractivity contribution in [2.24, 2.45) is 0 Å². The smallest absolute Gasteiger partial charge is 0.267 e. The van der Waals surface area contributed by atoms with Crippen LogP contribution in [0.15, 0.2) is 0 Å². The van der Waals surface area contributed by atoms with Crippen LogP contribution in [0.5, 0.6) is 0 Å². The summed E-state index contributed by atoms with van der Waals surface area (Å²) in [5.74, 6) is -0.621. The van der Waals surface area contributed by atoms with Crippen LogP contribution in [-0.4, -0.2) is 90.7 Å². The molecule has 0 bridgehead atoms. The summed E-state index contributed by atoms with van der Waals surface area (Å²) in [4.78, 5) is 4.05. The van der Waals surface area contributed by atoms with Gasteiger partial charge < -0.3 is 10.2 Å². The van der Waals surface area contributed by atoms with Crippen molar-refractivity contribution in [1.82, 2.24) is 9.80 Å². The molecule has 1 atom stereocenters. The minimum Gasteiger partial charge on any atom is -0.395 e. The Labute approximate surface area is 101 Å². The van der Waals surface area contributed by atoms with Gasteiger partial charge in [0.05, 0.1) is 12.7 Å². The molecule has 3 N–H and O–H groups in total. The third-order valence-electron chi connectivity index (χ3n) is 2.75. The Morgan fingerprint density at radius 1 is 1.12 bits per heavy atom. The van der Waals surface area contributed by atoms with Gasteiger partial charge in [0.2, 0.25) is 0 Å². The maximum absolute atomic E-state index is 10.6. The summed E-state index contributed by atoms with van der Waals surface area (Å²) in [6, 6.07) is 0. The summed E-state index contributed by atoms with van der Waals surface area (Å²) in [7, 11) is -4.11. The number of β-amino-alcohol motifs (C(OH)–C–C–N with tert-alkyl or cyclic N) is 2. The summed E-state index contributed by atoms with van der Waals surface area (Å²) in [5.41, 5.74) is 0. The minimum atomic E-state index is -4.11. The van der Waals surface area contributed by atoms with E-state index in [-0.39, 0.29) is 13.2 Å². The second kappa shape index (κ2) is 6.62. The molecule has 17 heavy (non-hydrogen) atoms. The molecule has 7 nitrogen and oxygen atoms in total. The van der Waals surface area contributed by atoms with E-state index in [1.54, 1.807) is 0 Å². The Morgan fingerprint density at radius 2 is 1.65 bits per heavy atom. The number of aliphatic hydroxyl groups excluding tert-OH is 2. The highest BCUT2D eigenvalue weighted by atomic mass is 32.2. The molecule has 0 aromatic carbocycles. The van der Waals surface area contributed by atoms with Crippen LogP contribution < -0.4 is 0 Å².